The van der Waals surface area contributed by atoms with Gasteiger partial charge < -0.3 is 5.32 Å². The lowest BCUT2D eigenvalue weighted by atomic mass is 9.93. The molecule has 1 aromatic heterocycles. The molecule has 1 N–H and O–H groups in total. The Bertz CT molecular complexity index is 935. The summed E-state index contributed by atoms with van der Waals surface area (Å²) < 4.78 is 142. The molecule has 0 bridgehead atoms. The van der Waals surface area contributed by atoms with Gasteiger partial charge in [-0.25, -0.2) is 8.78 Å². The minimum atomic E-state index is -6.01. The normalized spacial score (nSPS) is 13.9. The molecule has 3 nitrogen and oxygen atoms in total. The van der Waals surface area contributed by atoms with Crippen LogP contribution in [-0.2, 0) is 11.0 Å². The van der Waals surface area contributed by atoms with Gasteiger partial charge in [0, 0.05) is 18.2 Å². The number of nitrogens with one attached hydrogen (secondary N) is 1. The highest BCUT2D eigenvalue weighted by Crippen LogP contribution is 2.39. The molecule has 2 rings (SSSR count). The van der Waals surface area contributed by atoms with Gasteiger partial charge >= 0.3 is 18.5 Å². The van der Waals surface area contributed by atoms with Gasteiger partial charge in [0.25, 0.3) is 0 Å². The first kappa shape index (κ1) is 25.3. The second kappa shape index (κ2) is 8.90. The van der Waals surface area contributed by atoms with Gasteiger partial charge in [-0.15, -0.1) is 0 Å². The lowest BCUT2D eigenvalue weighted by Gasteiger charge is -2.24. The molecule has 0 spiro atoms. The Balaban J connectivity index is 2.45. The van der Waals surface area contributed by atoms with E-state index in [1.807, 2.05) is 0 Å². The first-order valence-electron chi connectivity index (χ1n) is 8.40. The van der Waals surface area contributed by atoms with Gasteiger partial charge in [-0.1, -0.05) is 0 Å². The van der Waals surface area contributed by atoms with Crippen molar-refractivity contribution in [2.75, 3.05) is 6.54 Å². The number of hydrogen-bond donors (Lipinski definition) is 1. The molecule has 1 atom stereocenters. The molecular weight excluding hydrogens is 469 g/mol. The highest BCUT2D eigenvalue weighted by atomic mass is 19.4. The van der Waals surface area contributed by atoms with Gasteiger partial charge in [0.05, 0.1) is 11.8 Å². The molecule has 0 aliphatic carbocycles. The number of amides is 1. The van der Waals surface area contributed by atoms with Crippen LogP contribution in [0.15, 0.2) is 36.5 Å². The number of rotatable bonds is 5. The number of halogens is 11. The number of carbonyl (C=O) groups excluding carboxylic acids is 1. The van der Waals surface area contributed by atoms with Crippen LogP contribution in [0.1, 0.15) is 22.7 Å². The average Bonchev–Trinajstić information content (AvgIpc) is 2.59. The van der Waals surface area contributed by atoms with Crippen molar-refractivity contribution in [3.63, 3.8) is 0 Å². The molecule has 2 aromatic rings. The van der Waals surface area contributed by atoms with Crippen molar-refractivity contribution in [1.29, 1.82) is 0 Å². The summed E-state index contributed by atoms with van der Waals surface area (Å²) >= 11 is 0. The van der Waals surface area contributed by atoms with E-state index in [0.717, 1.165) is 12.1 Å². The molecule has 14 heteroatoms. The Labute approximate surface area is 172 Å². The van der Waals surface area contributed by atoms with Crippen LogP contribution in [-0.4, -0.2) is 29.8 Å². The summed E-state index contributed by atoms with van der Waals surface area (Å²) in [6.45, 7) is -1.12. The molecule has 0 aliphatic heterocycles. The van der Waals surface area contributed by atoms with Crippen LogP contribution in [0.25, 0.3) is 0 Å². The van der Waals surface area contributed by atoms with E-state index in [9.17, 15) is 53.1 Å². The lowest BCUT2D eigenvalue weighted by Crippen LogP contribution is -2.48. The van der Waals surface area contributed by atoms with E-state index in [4.69, 9.17) is 0 Å². The first-order valence-corrected chi connectivity index (χ1v) is 8.40. The molecule has 0 unspecified atom stereocenters. The van der Waals surface area contributed by atoms with Crippen molar-refractivity contribution in [3.05, 3.63) is 65.0 Å². The molecule has 1 aromatic carbocycles. The fourth-order valence-corrected chi connectivity index (χ4v) is 2.75. The van der Waals surface area contributed by atoms with Crippen molar-refractivity contribution in [2.45, 2.75) is 24.4 Å². The maximum absolute atomic E-state index is 13.8. The highest BCUT2D eigenvalue weighted by molar-refractivity contribution is 5.80. The molecular formula is C18H11F11N2O. The van der Waals surface area contributed by atoms with Crippen LogP contribution >= 0.6 is 0 Å². The molecule has 32 heavy (non-hydrogen) atoms. The number of carbonyl (C=O) groups is 1. The molecule has 0 saturated carbocycles. The first-order chi connectivity index (χ1) is 14.5. The van der Waals surface area contributed by atoms with Crippen LogP contribution in [0.4, 0.5) is 48.3 Å². The van der Waals surface area contributed by atoms with Crippen molar-refractivity contribution in [1.82, 2.24) is 10.3 Å². The predicted molar refractivity (Wildman–Crippen MR) is 86.0 cm³/mol. The Morgan fingerprint density at radius 3 is 1.94 bits per heavy atom. The number of benzene rings is 1. The van der Waals surface area contributed by atoms with Crippen molar-refractivity contribution in [3.8, 4) is 0 Å². The van der Waals surface area contributed by atoms with Crippen LogP contribution in [0.5, 0.6) is 0 Å². The molecule has 1 heterocycles. The topological polar surface area (TPSA) is 42.0 Å². The summed E-state index contributed by atoms with van der Waals surface area (Å²) in [5.41, 5.74) is -2.43. The number of hydrogen-bond acceptors (Lipinski definition) is 2. The fraction of sp³-hybridized carbons (Fsp3) is 0.333. The van der Waals surface area contributed by atoms with E-state index in [1.54, 1.807) is 0 Å². The molecule has 0 saturated heterocycles. The highest BCUT2D eigenvalue weighted by Gasteiger charge is 2.61. The second-order valence-electron chi connectivity index (χ2n) is 6.49. The number of aromatic nitrogens is 1. The monoisotopic (exact) mass is 480 g/mol. The van der Waals surface area contributed by atoms with Crippen LogP contribution in [0.3, 0.4) is 0 Å². The third kappa shape index (κ3) is 6.29. The number of pyridine rings is 1. The van der Waals surface area contributed by atoms with Crippen LogP contribution in [0, 0.1) is 17.6 Å². The third-order valence-corrected chi connectivity index (χ3v) is 4.15. The smallest absolute Gasteiger partial charge is 0.354 e. The van der Waals surface area contributed by atoms with Gasteiger partial charge in [0.2, 0.25) is 11.8 Å². The van der Waals surface area contributed by atoms with Gasteiger partial charge in [0.15, 0.2) is 0 Å². The number of nitrogens with zero attached hydrogens (tertiary/aromatic N) is 1. The summed E-state index contributed by atoms with van der Waals surface area (Å²) in [6, 6.07) is 2.66. The molecule has 176 valence electrons. The zero-order valence-corrected chi connectivity index (χ0v) is 15.3. The van der Waals surface area contributed by atoms with Gasteiger partial charge in [-0.2, -0.15) is 39.5 Å². The van der Waals surface area contributed by atoms with Crippen LogP contribution < -0.4 is 5.32 Å². The summed E-state index contributed by atoms with van der Waals surface area (Å²) in [4.78, 5) is 15.2. The van der Waals surface area contributed by atoms with E-state index < -0.39 is 65.6 Å². The van der Waals surface area contributed by atoms with E-state index in [-0.39, 0.29) is 11.8 Å². The van der Waals surface area contributed by atoms with Crippen molar-refractivity contribution < 1.29 is 53.1 Å². The zero-order chi connectivity index (χ0) is 24.5. The standard InChI is InChI=1S/C18H11F11N2O/c19-10-1-2-13(30-6-10)12(8-3-9(16(21,22)23)5-11(20)4-8)7-31-15(32)14(17(24,25)26)18(27,28)29/h1-6,12,14H,7H2,(H,31,32)/t12-/m0/s1. The minimum Gasteiger partial charge on any atom is -0.354 e. The number of alkyl halides is 9. The Morgan fingerprint density at radius 1 is 0.875 bits per heavy atom. The van der Waals surface area contributed by atoms with Crippen LogP contribution in [0.2, 0.25) is 0 Å². The minimum absolute atomic E-state index is 0.112. The van der Waals surface area contributed by atoms with Gasteiger partial charge in [-0.3, -0.25) is 9.78 Å². The fourth-order valence-electron chi connectivity index (χ4n) is 2.75. The summed E-state index contributed by atoms with van der Waals surface area (Å²) in [7, 11) is 0. The summed E-state index contributed by atoms with van der Waals surface area (Å²) in [5, 5.41) is 1.37. The Kier molecular flexibility index (Phi) is 7.05. The average molecular weight is 480 g/mol. The predicted octanol–water partition coefficient (Wildman–Crippen LogP) is 5.37. The van der Waals surface area contributed by atoms with E-state index >= 15 is 0 Å². The summed E-state index contributed by atoms with van der Waals surface area (Å²) in [5.74, 6) is -10.9. The Morgan fingerprint density at radius 2 is 1.47 bits per heavy atom. The zero-order valence-electron chi connectivity index (χ0n) is 15.3. The van der Waals surface area contributed by atoms with Gasteiger partial charge in [-0.05, 0) is 35.9 Å². The second-order valence-corrected chi connectivity index (χ2v) is 6.49. The largest absolute Gasteiger partial charge is 0.416 e. The third-order valence-electron chi connectivity index (χ3n) is 4.15. The SMILES string of the molecule is O=C(NC[C@@H](c1cc(F)cc(C(F)(F)F)c1)c1ccc(F)cn1)C(C(F)(F)F)C(F)(F)F. The van der Waals surface area contributed by atoms with E-state index in [2.05, 4.69) is 4.98 Å². The van der Waals surface area contributed by atoms with Crippen molar-refractivity contribution in [2.24, 2.45) is 5.92 Å². The quantitative estimate of drug-likeness (QED) is 0.586. The molecule has 1 amide bonds. The molecule has 0 fully saturated rings. The van der Waals surface area contributed by atoms with E-state index in [1.165, 1.54) is 5.32 Å². The summed E-state index contributed by atoms with van der Waals surface area (Å²) in [6.07, 6.45) is -16.5. The Hall–Kier alpha value is -2.93. The molecule has 0 aliphatic rings. The van der Waals surface area contributed by atoms with Crippen molar-refractivity contribution >= 4 is 5.91 Å². The van der Waals surface area contributed by atoms with Gasteiger partial charge in [0.1, 0.15) is 11.6 Å². The lowest BCUT2D eigenvalue weighted by molar-refractivity contribution is -0.274. The maximum atomic E-state index is 13.8. The van der Waals surface area contributed by atoms with E-state index in [0.29, 0.717) is 18.3 Å². The maximum Gasteiger partial charge on any atom is 0.416 e. The molecule has 0 radical (unpaired) electrons.